The average Bonchev–Trinajstić information content (AvgIpc) is 2.94. The van der Waals surface area contributed by atoms with Crippen LogP contribution in [-0.4, -0.2) is 37.3 Å². The molecule has 1 N–H and O–H groups in total. The lowest BCUT2D eigenvalue weighted by Gasteiger charge is -2.11. The van der Waals surface area contributed by atoms with Crippen LogP contribution in [0.4, 0.5) is 0 Å². The minimum absolute atomic E-state index is 0.122. The molecular formula is C21H22N2O4. The average molecular weight is 366 g/mol. The van der Waals surface area contributed by atoms with Gasteiger partial charge in [0.15, 0.2) is 11.5 Å². The molecule has 1 aliphatic rings. The van der Waals surface area contributed by atoms with Gasteiger partial charge in [-0.25, -0.2) is 0 Å². The summed E-state index contributed by atoms with van der Waals surface area (Å²) in [6.07, 6.45) is 2.86. The number of nitrogens with zero attached hydrogens (tertiary/aromatic N) is 1. The van der Waals surface area contributed by atoms with Crippen molar-refractivity contribution in [1.82, 2.24) is 9.88 Å². The van der Waals surface area contributed by atoms with Gasteiger partial charge in [0.2, 0.25) is 0 Å². The number of aromatic nitrogens is 1. The van der Waals surface area contributed by atoms with Crippen molar-refractivity contribution in [1.29, 1.82) is 0 Å². The minimum atomic E-state index is -0.122. The lowest BCUT2D eigenvalue weighted by atomic mass is 10.2. The van der Waals surface area contributed by atoms with Gasteiger partial charge in [-0.15, -0.1) is 0 Å². The third kappa shape index (κ3) is 3.69. The summed E-state index contributed by atoms with van der Waals surface area (Å²) >= 11 is 0. The normalized spacial score (nSPS) is 13.2. The summed E-state index contributed by atoms with van der Waals surface area (Å²) in [6, 6.07) is 13.3. The van der Waals surface area contributed by atoms with Crippen LogP contribution >= 0.6 is 0 Å². The van der Waals surface area contributed by atoms with Crippen molar-refractivity contribution in [2.45, 2.75) is 13.0 Å². The molecule has 0 unspecified atom stereocenters. The maximum absolute atomic E-state index is 12.5. The Morgan fingerprint density at radius 1 is 1.11 bits per heavy atom. The molecule has 2 heterocycles. The zero-order valence-electron chi connectivity index (χ0n) is 15.2. The van der Waals surface area contributed by atoms with Crippen LogP contribution in [0.1, 0.15) is 16.8 Å². The second kappa shape index (κ2) is 7.61. The van der Waals surface area contributed by atoms with Crippen LogP contribution in [0, 0.1) is 0 Å². The molecule has 1 aliphatic heterocycles. The van der Waals surface area contributed by atoms with Crippen molar-refractivity contribution in [3.63, 3.8) is 0 Å². The summed E-state index contributed by atoms with van der Waals surface area (Å²) < 4.78 is 18.6. The van der Waals surface area contributed by atoms with Gasteiger partial charge < -0.3 is 24.1 Å². The lowest BCUT2D eigenvalue weighted by Crippen LogP contribution is -2.27. The molecule has 0 saturated carbocycles. The van der Waals surface area contributed by atoms with E-state index in [1.165, 1.54) is 0 Å². The number of rotatable bonds is 5. The van der Waals surface area contributed by atoms with Crippen molar-refractivity contribution < 1.29 is 19.0 Å². The molecular weight excluding hydrogens is 344 g/mol. The summed E-state index contributed by atoms with van der Waals surface area (Å²) in [5.74, 6) is 2.04. The van der Waals surface area contributed by atoms with Crippen LogP contribution < -0.4 is 19.5 Å². The van der Waals surface area contributed by atoms with Gasteiger partial charge in [-0.1, -0.05) is 0 Å². The van der Waals surface area contributed by atoms with Crippen LogP contribution in [0.5, 0.6) is 17.2 Å². The Bertz CT molecular complexity index is 964. The Labute approximate surface area is 157 Å². The van der Waals surface area contributed by atoms with Crippen LogP contribution in [0.15, 0.2) is 48.7 Å². The number of nitrogens with one attached hydrogen (secondary N) is 1. The first-order valence-corrected chi connectivity index (χ1v) is 9.05. The Morgan fingerprint density at radius 2 is 1.96 bits per heavy atom. The number of methoxy groups -OCH3 is 1. The number of amides is 1. The van der Waals surface area contributed by atoms with E-state index in [0.29, 0.717) is 43.4 Å². The Balaban J connectivity index is 1.39. The fourth-order valence-electron chi connectivity index (χ4n) is 3.20. The van der Waals surface area contributed by atoms with E-state index in [1.54, 1.807) is 25.3 Å². The molecule has 0 bridgehead atoms. The molecule has 140 valence electrons. The molecule has 0 atom stereocenters. The van der Waals surface area contributed by atoms with Gasteiger partial charge in [0.1, 0.15) is 5.75 Å². The Kier molecular flexibility index (Phi) is 4.87. The van der Waals surface area contributed by atoms with Gasteiger partial charge in [0.25, 0.3) is 5.91 Å². The molecule has 27 heavy (non-hydrogen) atoms. The molecule has 4 rings (SSSR count). The highest BCUT2D eigenvalue weighted by atomic mass is 16.5. The second-order valence-electron chi connectivity index (χ2n) is 6.40. The summed E-state index contributed by atoms with van der Waals surface area (Å²) in [5, 5.41) is 4.08. The molecule has 1 amide bonds. The van der Waals surface area contributed by atoms with E-state index in [1.807, 2.05) is 30.5 Å². The first-order valence-electron chi connectivity index (χ1n) is 9.05. The molecule has 6 nitrogen and oxygen atoms in total. The maximum Gasteiger partial charge on any atom is 0.251 e. The van der Waals surface area contributed by atoms with Crippen LogP contribution in [0.2, 0.25) is 0 Å². The van der Waals surface area contributed by atoms with E-state index in [2.05, 4.69) is 9.88 Å². The first-order chi connectivity index (χ1) is 13.2. The predicted molar refractivity (Wildman–Crippen MR) is 103 cm³/mol. The lowest BCUT2D eigenvalue weighted by molar-refractivity contribution is 0.0952. The van der Waals surface area contributed by atoms with Crippen LogP contribution in [0.25, 0.3) is 10.9 Å². The number of hydrogen-bond acceptors (Lipinski definition) is 4. The van der Waals surface area contributed by atoms with Gasteiger partial charge in [0, 0.05) is 42.2 Å². The minimum Gasteiger partial charge on any atom is -0.497 e. The summed E-state index contributed by atoms with van der Waals surface area (Å²) in [7, 11) is 1.66. The first kappa shape index (κ1) is 17.3. The van der Waals surface area contributed by atoms with Gasteiger partial charge in [-0.2, -0.15) is 0 Å². The summed E-state index contributed by atoms with van der Waals surface area (Å²) in [6.45, 7) is 2.45. The molecule has 6 heteroatoms. The van der Waals surface area contributed by atoms with E-state index in [-0.39, 0.29) is 5.91 Å². The van der Waals surface area contributed by atoms with Gasteiger partial charge in [0.05, 0.1) is 20.3 Å². The fraction of sp³-hybridized carbons (Fsp3) is 0.286. The standard InChI is InChI=1S/C21H22N2O4/c1-25-17-4-5-18-15(13-17)7-9-23(18)10-8-22-21(24)16-3-6-19-20(14-16)27-12-2-11-26-19/h3-7,9,13-14H,2,8,10-12H2,1H3,(H,22,24). The van der Waals surface area contributed by atoms with Crippen LogP contribution in [0.3, 0.4) is 0 Å². The van der Waals surface area contributed by atoms with E-state index >= 15 is 0 Å². The van der Waals surface area contributed by atoms with E-state index in [9.17, 15) is 4.79 Å². The van der Waals surface area contributed by atoms with Gasteiger partial charge in [-0.3, -0.25) is 4.79 Å². The number of hydrogen-bond donors (Lipinski definition) is 1. The smallest absolute Gasteiger partial charge is 0.251 e. The third-order valence-corrected chi connectivity index (χ3v) is 4.63. The van der Waals surface area contributed by atoms with E-state index in [0.717, 1.165) is 23.1 Å². The zero-order chi connectivity index (χ0) is 18.6. The molecule has 0 aliphatic carbocycles. The molecule has 0 saturated heterocycles. The van der Waals surface area contributed by atoms with Gasteiger partial charge in [-0.05, 0) is 42.5 Å². The number of carbonyl (C=O) groups excluding carboxylic acids is 1. The van der Waals surface area contributed by atoms with Crippen molar-refractivity contribution in [3.8, 4) is 17.2 Å². The monoisotopic (exact) mass is 366 g/mol. The zero-order valence-corrected chi connectivity index (χ0v) is 15.2. The maximum atomic E-state index is 12.5. The fourth-order valence-corrected chi connectivity index (χ4v) is 3.20. The summed E-state index contributed by atoms with van der Waals surface area (Å²) in [5.41, 5.74) is 1.68. The van der Waals surface area contributed by atoms with Crippen molar-refractivity contribution >= 4 is 16.8 Å². The number of fused-ring (bicyclic) bond motifs is 2. The van der Waals surface area contributed by atoms with E-state index in [4.69, 9.17) is 14.2 Å². The summed E-state index contributed by atoms with van der Waals surface area (Å²) in [4.78, 5) is 12.5. The quantitative estimate of drug-likeness (QED) is 0.753. The Morgan fingerprint density at radius 3 is 2.81 bits per heavy atom. The highest BCUT2D eigenvalue weighted by molar-refractivity contribution is 5.94. The highest BCUT2D eigenvalue weighted by Gasteiger charge is 2.14. The number of benzene rings is 2. The Hall–Kier alpha value is -3.15. The molecule has 0 spiro atoms. The third-order valence-electron chi connectivity index (χ3n) is 4.63. The van der Waals surface area contributed by atoms with E-state index < -0.39 is 0 Å². The van der Waals surface area contributed by atoms with Crippen molar-refractivity contribution in [2.75, 3.05) is 26.9 Å². The van der Waals surface area contributed by atoms with Crippen molar-refractivity contribution in [2.24, 2.45) is 0 Å². The molecule has 1 aromatic heterocycles. The molecule has 0 fully saturated rings. The van der Waals surface area contributed by atoms with Crippen molar-refractivity contribution in [3.05, 3.63) is 54.2 Å². The second-order valence-corrected chi connectivity index (χ2v) is 6.40. The molecule has 0 radical (unpaired) electrons. The highest BCUT2D eigenvalue weighted by Crippen LogP contribution is 2.30. The van der Waals surface area contributed by atoms with Crippen LogP contribution in [-0.2, 0) is 6.54 Å². The molecule has 2 aromatic carbocycles. The SMILES string of the molecule is COc1ccc2c(ccn2CCNC(=O)c2ccc3c(c2)OCCCO3)c1. The largest absolute Gasteiger partial charge is 0.497 e. The number of carbonyl (C=O) groups is 1. The van der Waals surface area contributed by atoms with Gasteiger partial charge >= 0.3 is 0 Å². The topological polar surface area (TPSA) is 61.7 Å². The predicted octanol–water partition coefficient (Wildman–Crippen LogP) is 3.24. The number of ether oxygens (including phenoxy) is 3. The molecule has 3 aromatic rings.